The largest absolute Gasteiger partial charge is 0.378 e. The fraction of sp³-hybridized carbons (Fsp3) is 0.500. The lowest BCUT2D eigenvalue weighted by Crippen LogP contribution is -2.36. The van der Waals surface area contributed by atoms with Gasteiger partial charge in [-0.15, -0.1) is 0 Å². The molecule has 202 valence electrons. The van der Waals surface area contributed by atoms with Gasteiger partial charge in [0.15, 0.2) is 0 Å². The van der Waals surface area contributed by atoms with Gasteiger partial charge in [-0.05, 0) is 35.3 Å². The summed E-state index contributed by atoms with van der Waals surface area (Å²) in [5, 5.41) is 5.26. The molecule has 1 atom stereocenters. The lowest BCUT2D eigenvalue weighted by molar-refractivity contribution is -0.119. The number of likely N-dealkylation sites (N-methyl/N-ethyl adjacent to an activating group) is 1. The van der Waals surface area contributed by atoms with Gasteiger partial charge in [0.2, 0.25) is 5.91 Å². The smallest absolute Gasteiger partial charge is 0.216 e. The van der Waals surface area contributed by atoms with Crippen LogP contribution in [0.2, 0.25) is 0 Å². The third-order valence-corrected chi connectivity index (χ3v) is 6.24. The van der Waals surface area contributed by atoms with E-state index in [1.165, 1.54) is 24.4 Å². The summed E-state index contributed by atoms with van der Waals surface area (Å²) in [5.74, 6) is 0.0567. The number of rotatable bonds is 18. The maximum Gasteiger partial charge on any atom is 0.216 e. The minimum Gasteiger partial charge on any atom is -0.378 e. The number of hydrogen-bond acceptors (Lipinski definition) is 7. The normalized spacial score (nSPS) is 18.8. The van der Waals surface area contributed by atoms with Crippen molar-refractivity contribution in [3.63, 3.8) is 0 Å². The topological polar surface area (TPSA) is 72.1 Å². The summed E-state index contributed by atoms with van der Waals surface area (Å²) in [6.45, 7) is 15.7. The first-order valence-corrected chi connectivity index (χ1v) is 13.5. The van der Waals surface area contributed by atoms with Crippen molar-refractivity contribution >= 4 is 41.1 Å². The Morgan fingerprint density at radius 3 is 2.42 bits per heavy atom. The molecule has 0 spiro atoms. The van der Waals surface area contributed by atoms with Crippen molar-refractivity contribution in [2.45, 2.75) is 6.92 Å². The molecule has 1 aliphatic rings. The SMILES string of the molecule is C=C/C(=C\C=C\SNCCOCCOCCOCCNC(C)=O)C1CN(C)C/C(=C(Cl)/C=C/Cl)C1=C. The quantitative estimate of drug-likeness (QED) is 0.146. The summed E-state index contributed by atoms with van der Waals surface area (Å²) in [6, 6.07) is 0. The number of allylic oxidation sites excluding steroid dienone is 5. The second kappa shape index (κ2) is 20.7. The molecular weight excluding hydrogens is 521 g/mol. The van der Waals surface area contributed by atoms with Crippen LogP contribution in [-0.2, 0) is 19.0 Å². The molecule has 1 amide bonds. The molecule has 0 aromatic rings. The van der Waals surface area contributed by atoms with Crippen LogP contribution in [0.4, 0.5) is 0 Å². The molecule has 1 saturated heterocycles. The Labute approximate surface area is 230 Å². The van der Waals surface area contributed by atoms with Crippen molar-refractivity contribution in [2.75, 3.05) is 72.9 Å². The van der Waals surface area contributed by atoms with Crippen molar-refractivity contribution in [1.29, 1.82) is 0 Å². The number of likely N-dealkylation sites (tertiary alicyclic amines) is 1. The molecule has 1 unspecified atom stereocenters. The maximum atomic E-state index is 10.7. The lowest BCUT2D eigenvalue weighted by atomic mass is 9.83. The minimum absolute atomic E-state index is 0.0565. The van der Waals surface area contributed by atoms with Gasteiger partial charge in [-0.1, -0.05) is 66.5 Å². The highest BCUT2D eigenvalue weighted by molar-refractivity contribution is 8.00. The first-order chi connectivity index (χ1) is 17.4. The average molecular weight is 561 g/mol. The summed E-state index contributed by atoms with van der Waals surface area (Å²) >= 11 is 13.6. The molecule has 1 rings (SSSR count). The Morgan fingerprint density at radius 1 is 1.17 bits per heavy atom. The summed E-state index contributed by atoms with van der Waals surface area (Å²) in [5.41, 5.74) is 4.49. The molecule has 0 radical (unpaired) electrons. The van der Waals surface area contributed by atoms with Gasteiger partial charge in [0, 0.05) is 49.6 Å². The second-order valence-corrected chi connectivity index (χ2v) is 9.38. The number of ether oxygens (including phenoxy) is 3. The van der Waals surface area contributed by atoms with Crippen molar-refractivity contribution in [3.8, 4) is 0 Å². The number of nitrogens with zero attached hydrogens (tertiary/aromatic N) is 1. The van der Waals surface area contributed by atoms with Gasteiger partial charge in [-0.2, -0.15) is 0 Å². The van der Waals surface area contributed by atoms with E-state index in [-0.39, 0.29) is 11.8 Å². The van der Waals surface area contributed by atoms with Crippen molar-refractivity contribution in [3.05, 3.63) is 70.2 Å². The van der Waals surface area contributed by atoms with Crippen molar-refractivity contribution in [2.24, 2.45) is 5.92 Å². The van der Waals surface area contributed by atoms with E-state index in [2.05, 4.69) is 41.2 Å². The van der Waals surface area contributed by atoms with Crippen molar-refractivity contribution in [1.82, 2.24) is 14.9 Å². The van der Waals surface area contributed by atoms with Crippen molar-refractivity contribution < 1.29 is 19.0 Å². The molecule has 7 nitrogen and oxygen atoms in total. The van der Waals surface area contributed by atoms with Crippen LogP contribution in [0.25, 0.3) is 0 Å². The molecule has 0 aromatic carbocycles. The highest BCUT2D eigenvalue weighted by Crippen LogP contribution is 2.34. The summed E-state index contributed by atoms with van der Waals surface area (Å²) in [4.78, 5) is 12.9. The fourth-order valence-corrected chi connectivity index (χ4v) is 4.23. The third-order valence-electron chi connectivity index (χ3n) is 5.10. The van der Waals surface area contributed by atoms with Gasteiger partial charge < -0.3 is 24.4 Å². The maximum absolute atomic E-state index is 10.7. The number of halogens is 2. The molecule has 0 saturated carbocycles. The van der Waals surface area contributed by atoms with E-state index in [4.69, 9.17) is 37.4 Å². The van der Waals surface area contributed by atoms with Crippen LogP contribution >= 0.6 is 35.1 Å². The molecule has 36 heavy (non-hydrogen) atoms. The van der Waals surface area contributed by atoms with Crippen LogP contribution in [0.15, 0.2) is 70.2 Å². The zero-order valence-corrected chi connectivity index (χ0v) is 23.6. The van der Waals surface area contributed by atoms with Crippen LogP contribution in [0.3, 0.4) is 0 Å². The molecule has 0 aliphatic carbocycles. The van der Waals surface area contributed by atoms with E-state index in [1.54, 1.807) is 6.08 Å². The number of hydrogen-bond donors (Lipinski definition) is 2. The molecule has 1 heterocycles. The van der Waals surface area contributed by atoms with Gasteiger partial charge in [-0.25, -0.2) is 0 Å². The summed E-state index contributed by atoms with van der Waals surface area (Å²) < 4.78 is 19.5. The summed E-state index contributed by atoms with van der Waals surface area (Å²) in [7, 11) is 2.06. The molecule has 1 aliphatic heterocycles. The predicted octanol–water partition coefficient (Wildman–Crippen LogP) is 4.40. The van der Waals surface area contributed by atoms with E-state index in [0.29, 0.717) is 57.8 Å². The van der Waals surface area contributed by atoms with Gasteiger partial charge in [0.1, 0.15) is 0 Å². The number of piperidine rings is 1. The van der Waals surface area contributed by atoms with Gasteiger partial charge >= 0.3 is 0 Å². The first kappa shape index (κ1) is 32.7. The average Bonchev–Trinajstić information content (AvgIpc) is 2.84. The van der Waals surface area contributed by atoms with E-state index in [0.717, 1.165) is 29.8 Å². The molecule has 1 fully saturated rings. The molecule has 0 bridgehead atoms. The van der Waals surface area contributed by atoms with Crippen LogP contribution in [0.5, 0.6) is 0 Å². The number of amides is 1. The lowest BCUT2D eigenvalue weighted by Gasteiger charge is -2.35. The molecular formula is C26H39Cl2N3O4S. The van der Waals surface area contributed by atoms with Gasteiger partial charge in [0.25, 0.3) is 0 Å². The molecule has 2 N–H and O–H groups in total. The first-order valence-electron chi connectivity index (χ1n) is 11.8. The van der Waals surface area contributed by atoms with Crippen LogP contribution in [0.1, 0.15) is 6.92 Å². The van der Waals surface area contributed by atoms with Crippen LogP contribution in [-0.4, -0.2) is 83.7 Å². The number of carbonyl (C=O) groups is 1. The highest BCUT2D eigenvalue weighted by Gasteiger charge is 2.27. The Hall–Kier alpha value is -1.36. The van der Waals surface area contributed by atoms with Gasteiger partial charge in [-0.3, -0.25) is 9.52 Å². The highest BCUT2D eigenvalue weighted by atomic mass is 35.5. The van der Waals surface area contributed by atoms with Gasteiger partial charge in [0.05, 0.1) is 39.6 Å². The standard InChI is InChI=1S/C26H39Cl2N3O4S/c1-5-23(24-19-31(4)20-25(21(24)2)26(28)8-9-27)7-6-18-36-30-11-13-34-15-17-35-16-14-33-12-10-29-22(3)32/h5-9,18,24,30H,1-2,10-17,19-20H2,3-4H3,(H,29,32)/b9-8+,18-6+,23-7+,26-25+. The number of nitrogens with one attached hydrogen (secondary N) is 2. The number of carbonyl (C=O) groups excluding carboxylic acids is 1. The summed E-state index contributed by atoms with van der Waals surface area (Å²) in [6.07, 6.45) is 7.60. The van der Waals surface area contributed by atoms with Crippen LogP contribution in [0, 0.1) is 5.92 Å². The monoisotopic (exact) mass is 559 g/mol. The zero-order valence-electron chi connectivity index (χ0n) is 21.3. The second-order valence-electron chi connectivity index (χ2n) is 7.93. The molecule has 0 aromatic heterocycles. The minimum atomic E-state index is -0.0565. The van der Waals surface area contributed by atoms with E-state index >= 15 is 0 Å². The van der Waals surface area contributed by atoms with E-state index < -0.39 is 0 Å². The Bertz CT molecular complexity index is 815. The Morgan fingerprint density at radius 2 is 1.81 bits per heavy atom. The Kier molecular flexibility index (Phi) is 18.8. The third kappa shape index (κ3) is 14.4. The zero-order chi connectivity index (χ0) is 26.6. The fourth-order valence-electron chi connectivity index (χ4n) is 3.34. The predicted molar refractivity (Wildman–Crippen MR) is 152 cm³/mol. The van der Waals surface area contributed by atoms with E-state index in [1.807, 2.05) is 17.6 Å². The Balaban J connectivity index is 2.21. The van der Waals surface area contributed by atoms with E-state index in [9.17, 15) is 4.79 Å². The molecule has 10 heteroatoms. The van der Waals surface area contributed by atoms with Crippen LogP contribution < -0.4 is 10.0 Å².